The maximum Gasteiger partial charge on any atom is 0.257 e. The fourth-order valence-electron chi connectivity index (χ4n) is 1.32. The van der Waals surface area contributed by atoms with Crippen molar-refractivity contribution in [2.24, 2.45) is 5.16 Å². The lowest BCUT2D eigenvalue weighted by molar-refractivity contribution is 0.102. The van der Waals surface area contributed by atoms with E-state index in [2.05, 4.69) is 38.0 Å². The fourth-order valence-corrected chi connectivity index (χ4v) is 2.43. The molecule has 2 N–H and O–H groups in total. The molecule has 2 rings (SSSR count). The highest BCUT2D eigenvalue weighted by Gasteiger charge is 2.10. The van der Waals surface area contributed by atoms with Crippen molar-refractivity contribution in [3.05, 3.63) is 44.5 Å². The molecule has 0 fully saturated rings. The third-order valence-corrected chi connectivity index (χ3v) is 3.83. The van der Waals surface area contributed by atoms with Gasteiger partial charge in [-0.3, -0.25) is 10.1 Å². The lowest BCUT2D eigenvalue weighted by Crippen LogP contribution is -2.11. The monoisotopic (exact) mass is 387 g/mol. The van der Waals surface area contributed by atoms with Crippen LogP contribution in [0, 0.1) is 3.57 Å². The van der Waals surface area contributed by atoms with Gasteiger partial charge in [-0.25, -0.2) is 4.98 Å². The quantitative estimate of drug-likeness (QED) is 0.368. The summed E-state index contributed by atoms with van der Waals surface area (Å²) in [6.07, 6.45) is 0. The van der Waals surface area contributed by atoms with E-state index in [-0.39, 0.29) is 5.91 Å². The van der Waals surface area contributed by atoms with Crippen molar-refractivity contribution in [3.8, 4) is 0 Å². The van der Waals surface area contributed by atoms with E-state index in [1.54, 1.807) is 24.4 Å². The molecule has 0 saturated heterocycles. The summed E-state index contributed by atoms with van der Waals surface area (Å²) < 4.78 is 1.07. The molecule has 0 aliphatic heterocycles. The maximum atomic E-state index is 11.9. The summed E-state index contributed by atoms with van der Waals surface area (Å²) >= 11 is 3.46. The molecule has 0 unspecified atom stereocenters. The summed E-state index contributed by atoms with van der Waals surface area (Å²) in [4.78, 5) is 16.1. The van der Waals surface area contributed by atoms with Gasteiger partial charge in [0.2, 0.25) is 0 Å². The molecule has 0 bridgehead atoms. The SMILES string of the molecule is CC(=NO)c1csc(NC(=O)c2ccc(I)cc2)n1. The van der Waals surface area contributed by atoms with E-state index in [0.717, 1.165) is 3.57 Å². The van der Waals surface area contributed by atoms with Crippen LogP contribution < -0.4 is 5.32 Å². The Kier molecular flexibility index (Phi) is 4.48. The van der Waals surface area contributed by atoms with E-state index in [1.807, 2.05) is 12.1 Å². The number of amides is 1. The molecular weight excluding hydrogens is 377 g/mol. The Bertz CT molecular complexity index is 622. The molecule has 0 atom stereocenters. The molecule has 5 nitrogen and oxygen atoms in total. The van der Waals surface area contributed by atoms with Gasteiger partial charge in [-0.05, 0) is 53.8 Å². The Balaban J connectivity index is 2.11. The first-order valence-electron chi connectivity index (χ1n) is 5.31. The van der Waals surface area contributed by atoms with Gasteiger partial charge < -0.3 is 5.21 Å². The van der Waals surface area contributed by atoms with Gasteiger partial charge in [0.15, 0.2) is 5.13 Å². The number of carbonyl (C=O) groups is 1. The number of benzene rings is 1. The number of aromatic nitrogens is 1. The molecule has 1 aromatic carbocycles. The Hall–Kier alpha value is -1.48. The van der Waals surface area contributed by atoms with Crippen molar-refractivity contribution in [1.29, 1.82) is 0 Å². The number of nitrogens with one attached hydrogen (secondary N) is 1. The number of oxime groups is 1. The summed E-state index contributed by atoms with van der Waals surface area (Å²) in [5.41, 5.74) is 1.53. The van der Waals surface area contributed by atoms with Crippen LogP contribution in [-0.4, -0.2) is 21.8 Å². The van der Waals surface area contributed by atoms with Gasteiger partial charge in [0, 0.05) is 14.5 Å². The molecule has 0 radical (unpaired) electrons. The molecule has 0 spiro atoms. The molecule has 98 valence electrons. The van der Waals surface area contributed by atoms with Crippen molar-refractivity contribution in [3.63, 3.8) is 0 Å². The van der Waals surface area contributed by atoms with Gasteiger partial charge in [0.25, 0.3) is 5.91 Å². The Morgan fingerprint density at radius 3 is 2.74 bits per heavy atom. The van der Waals surface area contributed by atoms with Crippen LogP contribution in [0.25, 0.3) is 0 Å². The zero-order valence-corrected chi connectivity index (χ0v) is 12.9. The van der Waals surface area contributed by atoms with E-state index >= 15 is 0 Å². The third kappa shape index (κ3) is 3.51. The number of hydrogen-bond donors (Lipinski definition) is 2. The predicted molar refractivity (Wildman–Crippen MR) is 83.2 cm³/mol. The Morgan fingerprint density at radius 2 is 2.11 bits per heavy atom. The summed E-state index contributed by atoms with van der Waals surface area (Å²) in [5.74, 6) is -0.212. The lowest BCUT2D eigenvalue weighted by Gasteiger charge is -2.01. The standard InChI is InChI=1S/C12H10IN3O2S/c1-7(16-18)10-6-19-12(14-10)15-11(17)8-2-4-9(13)5-3-8/h2-6,18H,1H3,(H,14,15,17). The number of anilines is 1. The van der Waals surface area contributed by atoms with Gasteiger partial charge >= 0.3 is 0 Å². The van der Waals surface area contributed by atoms with E-state index in [1.165, 1.54) is 11.3 Å². The minimum atomic E-state index is -0.212. The third-order valence-electron chi connectivity index (χ3n) is 2.35. The first-order chi connectivity index (χ1) is 9.10. The Labute approximate surface area is 127 Å². The average molecular weight is 387 g/mol. The van der Waals surface area contributed by atoms with Gasteiger partial charge in [-0.2, -0.15) is 0 Å². The summed E-state index contributed by atoms with van der Waals surface area (Å²) in [7, 11) is 0. The Morgan fingerprint density at radius 1 is 1.42 bits per heavy atom. The highest BCUT2D eigenvalue weighted by molar-refractivity contribution is 14.1. The smallest absolute Gasteiger partial charge is 0.257 e. The number of thiazole rings is 1. The zero-order chi connectivity index (χ0) is 13.8. The molecule has 0 aliphatic carbocycles. The van der Waals surface area contributed by atoms with Gasteiger partial charge in [-0.1, -0.05) is 5.16 Å². The fraction of sp³-hybridized carbons (Fsp3) is 0.0833. The van der Waals surface area contributed by atoms with Gasteiger partial charge in [-0.15, -0.1) is 11.3 Å². The summed E-state index contributed by atoms with van der Waals surface area (Å²) in [6.45, 7) is 1.64. The molecule has 2 aromatic rings. The highest BCUT2D eigenvalue weighted by Crippen LogP contribution is 2.17. The molecular formula is C12H10IN3O2S. The van der Waals surface area contributed by atoms with Gasteiger partial charge in [0.1, 0.15) is 11.4 Å². The van der Waals surface area contributed by atoms with Crippen molar-refractivity contribution < 1.29 is 10.0 Å². The second-order valence-corrected chi connectivity index (χ2v) is 5.79. The molecule has 1 amide bonds. The van der Waals surface area contributed by atoms with E-state index < -0.39 is 0 Å². The minimum absolute atomic E-state index is 0.212. The highest BCUT2D eigenvalue weighted by atomic mass is 127. The first-order valence-corrected chi connectivity index (χ1v) is 7.27. The van der Waals surface area contributed by atoms with Crippen LogP contribution in [0.2, 0.25) is 0 Å². The van der Waals surface area contributed by atoms with Crippen LogP contribution in [-0.2, 0) is 0 Å². The first kappa shape index (κ1) is 13.9. The summed E-state index contributed by atoms with van der Waals surface area (Å²) in [5, 5.41) is 16.6. The second-order valence-electron chi connectivity index (χ2n) is 3.68. The minimum Gasteiger partial charge on any atom is -0.411 e. The van der Waals surface area contributed by atoms with Crippen LogP contribution in [0.1, 0.15) is 23.0 Å². The molecule has 19 heavy (non-hydrogen) atoms. The predicted octanol–water partition coefficient (Wildman–Crippen LogP) is 3.20. The number of nitrogens with zero attached hydrogens (tertiary/aromatic N) is 2. The number of halogens is 1. The van der Waals surface area contributed by atoms with Crippen LogP contribution in [0.5, 0.6) is 0 Å². The van der Waals surface area contributed by atoms with Crippen molar-refractivity contribution in [2.45, 2.75) is 6.92 Å². The van der Waals surface area contributed by atoms with Gasteiger partial charge in [0.05, 0.1) is 0 Å². The van der Waals surface area contributed by atoms with Crippen LogP contribution in [0.15, 0.2) is 34.8 Å². The molecule has 0 aliphatic rings. The largest absolute Gasteiger partial charge is 0.411 e. The van der Waals surface area contributed by atoms with Crippen LogP contribution in [0.3, 0.4) is 0 Å². The second kappa shape index (κ2) is 6.11. The zero-order valence-electron chi connectivity index (χ0n) is 9.92. The molecule has 0 saturated carbocycles. The van der Waals surface area contributed by atoms with Crippen molar-refractivity contribution in [2.75, 3.05) is 5.32 Å². The molecule has 7 heteroatoms. The van der Waals surface area contributed by atoms with Crippen LogP contribution >= 0.6 is 33.9 Å². The lowest BCUT2D eigenvalue weighted by atomic mass is 10.2. The van der Waals surface area contributed by atoms with Crippen molar-refractivity contribution >= 4 is 50.7 Å². The summed E-state index contributed by atoms with van der Waals surface area (Å²) in [6, 6.07) is 7.24. The van der Waals surface area contributed by atoms with Crippen molar-refractivity contribution in [1.82, 2.24) is 4.98 Å². The van der Waals surface area contributed by atoms with E-state index in [9.17, 15) is 4.79 Å². The molecule has 1 aromatic heterocycles. The van der Waals surface area contributed by atoms with Crippen LogP contribution in [0.4, 0.5) is 5.13 Å². The maximum absolute atomic E-state index is 11.9. The van der Waals surface area contributed by atoms with E-state index in [4.69, 9.17) is 5.21 Å². The van der Waals surface area contributed by atoms with E-state index in [0.29, 0.717) is 22.1 Å². The number of carbonyl (C=O) groups excluding carboxylic acids is 1. The normalized spacial score (nSPS) is 11.4. The molecule has 1 heterocycles. The number of hydrogen-bond acceptors (Lipinski definition) is 5. The average Bonchev–Trinajstić information content (AvgIpc) is 2.87. The topological polar surface area (TPSA) is 74.6 Å². The number of rotatable bonds is 3.